The molecule has 93 heavy (non-hydrogen) atoms. The monoisotopic (exact) mass is 1300 g/mol. The third-order valence-electron chi connectivity index (χ3n) is 14.9. The predicted molar refractivity (Wildman–Crippen MR) is 348 cm³/mol. The van der Waals surface area contributed by atoms with Gasteiger partial charge in [-0.25, -0.2) is 4.79 Å². The Morgan fingerprint density at radius 1 is 0.538 bits per heavy atom. The number of benzene rings is 3. The van der Waals surface area contributed by atoms with Gasteiger partial charge in [0.25, 0.3) is 0 Å². The van der Waals surface area contributed by atoms with E-state index in [1.165, 1.54) is 12.1 Å². The first-order valence-corrected chi connectivity index (χ1v) is 31.2. The number of phenolic OH excluding ortho intramolecular Hbond substituents is 1. The molecule has 0 saturated carbocycles. The Labute approximate surface area is 542 Å². The SMILES string of the molecule is CCC(=O)NCCNC(=O)/N=C(/N)NCCC[C@@H](NC(=O)C(c1ccccc1)c1ccc(NCCCNC(=O)[C@H](N)CCC(=O)NCCN(C)CCNC(=O)CN2CCN(CC(=O)O)CCN(CC(=O)O)CCN(CC(=O)O)CC2)cc1)C(=O)NCc1ccc(O)cc1. The highest BCUT2D eigenvalue weighted by atomic mass is 16.4. The number of likely N-dealkylation sites (N-methyl/N-ethyl adjacent to an activating group) is 1. The normalized spacial score (nSPS) is 14.8. The molecule has 1 aliphatic rings. The average Bonchev–Trinajstić information content (AvgIpc) is 1.13. The van der Waals surface area contributed by atoms with Crippen LogP contribution in [0.25, 0.3) is 0 Å². The van der Waals surface area contributed by atoms with E-state index in [0.29, 0.717) is 82.7 Å². The molecule has 8 amide bonds. The van der Waals surface area contributed by atoms with Gasteiger partial charge in [-0.3, -0.25) is 62.8 Å². The smallest absolute Gasteiger partial charge is 0.344 e. The van der Waals surface area contributed by atoms with Crippen molar-refractivity contribution in [3.63, 3.8) is 0 Å². The number of amides is 8. The lowest BCUT2D eigenvalue weighted by molar-refractivity contribution is -0.140. The van der Waals surface area contributed by atoms with Gasteiger partial charge in [0.1, 0.15) is 11.8 Å². The van der Waals surface area contributed by atoms with Crippen molar-refractivity contribution in [1.29, 1.82) is 0 Å². The van der Waals surface area contributed by atoms with Gasteiger partial charge < -0.3 is 84.6 Å². The zero-order valence-corrected chi connectivity index (χ0v) is 53.2. The van der Waals surface area contributed by atoms with Crippen LogP contribution in [0.4, 0.5) is 10.5 Å². The molecule has 31 heteroatoms. The van der Waals surface area contributed by atoms with Crippen LogP contribution in [-0.4, -0.2) is 267 Å². The summed E-state index contributed by atoms with van der Waals surface area (Å²) in [5.41, 5.74) is 14.9. The number of aliphatic carboxylic acids is 3. The lowest BCUT2D eigenvalue weighted by Gasteiger charge is -2.32. The molecular weight excluding hydrogens is 1210 g/mol. The van der Waals surface area contributed by atoms with Crippen molar-refractivity contribution in [2.45, 2.75) is 70.0 Å². The zero-order chi connectivity index (χ0) is 67.9. The van der Waals surface area contributed by atoms with Crippen molar-refractivity contribution in [2.24, 2.45) is 16.5 Å². The van der Waals surface area contributed by atoms with Gasteiger partial charge in [-0.2, -0.15) is 4.99 Å². The van der Waals surface area contributed by atoms with Crippen molar-refractivity contribution >= 4 is 71.0 Å². The molecular formula is C62H95N17O14. The van der Waals surface area contributed by atoms with Crippen LogP contribution in [0.2, 0.25) is 0 Å². The summed E-state index contributed by atoms with van der Waals surface area (Å²) in [4.78, 5) is 138. The first-order valence-electron chi connectivity index (χ1n) is 31.2. The molecule has 3 aromatic rings. The lowest BCUT2D eigenvalue weighted by atomic mass is 9.90. The molecule has 0 aromatic heterocycles. The van der Waals surface area contributed by atoms with Crippen molar-refractivity contribution in [1.82, 2.24) is 67.0 Å². The molecule has 512 valence electrons. The number of hydrogen-bond acceptors (Lipinski definition) is 18. The molecule has 0 bridgehead atoms. The predicted octanol–water partition coefficient (Wildman–Crippen LogP) is -2.09. The van der Waals surface area contributed by atoms with Crippen LogP contribution in [0.15, 0.2) is 83.9 Å². The summed E-state index contributed by atoms with van der Waals surface area (Å²) < 4.78 is 0. The average molecular weight is 1300 g/mol. The molecule has 4 rings (SSSR count). The number of aliphatic imine (C=N–C) groups is 1. The van der Waals surface area contributed by atoms with Gasteiger partial charge in [0.2, 0.25) is 35.4 Å². The summed E-state index contributed by atoms with van der Waals surface area (Å²) in [6, 6.07) is 20.2. The maximum absolute atomic E-state index is 14.4. The minimum Gasteiger partial charge on any atom is -0.508 e. The topological polar surface area (TPSA) is 440 Å². The fourth-order valence-electron chi connectivity index (χ4n) is 9.69. The van der Waals surface area contributed by atoms with Crippen LogP contribution >= 0.6 is 0 Å². The number of carbonyl (C=O) groups is 10. The number of carboxylic acid groups (broad SMARTS) is 3. The number of aromatic hydroxyl groups is 1. The van der Waals surface area contributed by atoms with Crippen LogP contribution in [0.5, 0.6) is 5.75 Å². The third kappa shape index (κ3) is 32.7. The van der Waals surface area contributed by atoms with Crippen LogP contribution in [0.1, 0.15) is 68.1 Å². The second-order valence-electron chi connectivity index (χ2n) is 22.4. The fraction of sp³-hybridized carbons (Fsp3) is 0.532. The van der Waals surface area contributed by atoms with Crippen molar-refractivity contribution in [3.8, 4) is 5.75 Å². The number of rotatable bonds is 38. The largest absolute Gasteiger partial charge is 0.508 e. The molecule has 1 heterocycles. The molecule has 1 unspecified atom stereocenters. The molecule has 1 aliphatic heterocycles. The van der Waals surface area contributed by atoms with Gasteiger partial charge in [0.05, 0.1) is 38.1 Å². The molecule has 3 atom stereocenters. The van der Waals surface area contributed by atoms with Gasteiger partial charge in [0.15, 0.2) is 5.96 Å². The Hall–Kier alpha value is -9.01. The summed E-state index contributed by atoms with van der Waals surface area (Å²) in [5, 5.41) is 63.9. The summed E-state index contributed by atoms with van der Waals surface area (Å²) in [7, 11) is 1.83. The van der Waals surface area contributed by atoms with Gasteiger partial charge >= 0.3 is 23.9 Å². The standard InChI is InChI=1S/C62H95N17O14/c1-3-51(81)66-25-26-71-62(93)74-61(64)70-22-7-11-50(59(91)72-39-44-12-18-48(80)19-13-44)73-60(92)57(45-9-5-4-6-10-45)46-14-16-47(17-15-46)65-23-8-24-69-58(90)49(63)20-21-52(82)67-27-29-75(2)30-28-68-53(83)40-76-31-33-77(41-54(84)85)35-37-79(43-56(88)89)38-36-78(34-32-76)42-55(86)87/h4-6,9-10,12-19,49-50,57,65,80H,3,7-8,11,20-43,63H2,1-2H3,(H,66,81)(H,67,82)(H,68,83)(H,69,90)(H,72,91)(H,73,92)(H,84,85)(H,86,87)(H,88,89)(H4,64,70,71,74,93)/t49-,50-,57?/m1/s1. The highest BCUT2D eigenvalue weighted by molar-refractivity contribution is 5.93. The number of carbonyl (C=O) groups excluding carboxylic acids is 7. The third-order valence-corrected chi connectivity index (χ3v) is 14.9. The molecule has 1 saturated heterocycles. The Balaban J connectivity index is 1.18. The van der Waals surface area contributed by atoms with E-state index < -0.39 is 59.7 Å². The summed E-state index contributed by atoms with van der Waals surface area (Å²) in [5.74, 6) is -6.00. The number of nitrogens with two attached hydrogens (primary N) is 2. The van der Waals surface area contributed by atoms with Crippen LogP contribution in [0, 0.1) is 0 Å². The molecule has 3 aromatic carbocycles. The Morgan fingerprint density at radius 3 is 1.61 bits per heavy atom. The second-order valence-corrected chi connectivity index (χ2v) is 22.4. The van der Waals surface area contributed by atoms with Crippen molar-refractivity contribution < 1.29 is 68.4 Å². The maximum atomic E-state index is 14.4. The molecule has 31 nitrogen and oxygen atoms in total. The molecule has 17 N–H and O–H groups in total. The Kier molecular flexibility index (Phi) is 35.3. The first-order chi connectivity index (χ1) is 44.6. The highest BCUT2D eigenvalue weighted by Crippen LogP contribution is 2.27. The van der Waals surface area contributed by atoms with E-state index in [-0.39, 0.29) is 140 Å². The van der Waals surface area contributed by atoms with Crippen LogP contribution in [0.3, 0.4) is 0 Å². The number of hydrogen-bond donors (Lipinski definition) is 15. The quantitative estimate of drug-likeness (QED) is 0.0166. The number of urea groups is 1. The van der Waals surface area contributed by atoms with Gasteiger partial charge in [-0.05, 0) is 73.7 Å². The van der Waals surface area contributed by atoms with E-state index in [0.717, 1.165) is 11.3 Å². The molecule has 0 radical (unpaired) electrons. The molecule has 0 spiro atoms. The number of anilines is 1. The van der Waals surface area contributed by atoms with E-state index >= 15 is 0 Å². The van der Waals surface area contributed by atoms with Gasteiger partial charge in [-0.15, -0.1) is 0 Å². The first kappa shape index (κ1) is 76.4. The van der Waals surface area contributed by atoms with E-state index in [1.807, 2.05) is 71.4 Å². The molecule has 1 fully saturated rings. The molecule has 0 aliphatic carbocycles. The van der Waals surface area contributed by atoms with E-state index in [1.54, 1.807) is 33.8 Å². The summed E-state index contributed by atoms with van der Waals surface area (Å²) >= 11 is 0. The summed E-state index contributed by atoms with van der Waals surface area (Å²) in [6.45, 7) is 6.18. The number of carboxylic acids is 3. The number of nitrogens with zero attached hydrogens (tertiary/aromatic N) is 6. The summed E-state index contributed by atoms with van der Waals surface area (Å²) in [6.07, 6.45) is 1.51. The number of guanidine groups is 1. The number of nitrogens with one attached hydrogen (secondary N) is 9. The Bertz CT molecular complexity index is 2840. The van der Waals surface area contributed by atoms with Crippen LogP contribution in [-0.2, 0) is 49.7 Å². The minimum absolute atomic E-state index is 0.0150. The fourth-order valence-corrected chi connectivity index (χ4v) is 9.69. The van der Waals surface area contributed by atoms with E-state index in [4.69, 9.17) is 11.5 Å². The van der Waals surface area contributed by atoms with E-state index in [2.05, 4.69) is 52.8 Å². The Morgan fingerprint density at radius 2 is 1.05 bits per heavy atom. The van der Waals surface area contributed by atoms with Gasteiger partial charge in [-0.1, -0.05) is 61.5 Å². The van der Waals surface area contributed by atoms with Crippen molar-refractivity contribution in [2.75, 3.05) is 150 Å². The lowest BCUT2D eigenvalue weighted by Crippen LogP contribution is -2.50. The van der Waals surface area contributed by atoms with E-state index in [9.17, 15) is 68.4 Å². The second kappa shape index (κ2) is 42.9. The van der Waals surface area contributed by atoms with Gasteiger partial charge in [0, 0.05) is 136 Å². The van der Waals surface area contributed by atoms with Crippen molar-refractivity contribution in [3.05, 3.63) is 95.6 Å². The zero-order valence-electron chi connectivity index (χ0n) is 53.2. The minimum atomic E-state index is -1.05. The van der Waals surface area contributed by atoms with Crippen LogP contribution < -0.4 is 59.3 Å². The highest BCUT2D eigenvalue weighted by Gasteiger charge is 2.29. The maximum Gasteiger partial charge on any atom is 0.344 e. The number of phenols is 1.